The second-order valence-electron chi connectivity index (χ2n) is 8.12. The molecular weight excluding hydrogens is 415 g/mol. The molecule has 2 aromatic carbocycles. The van der Waals surface area contributed by atoms with Crippen LogP contribution in [0.5, 0.6) is 0 Å². The number of hydrogen-bond donors (Lipinski definition) is 0. The van der Waals surface area contributed by atoms with Crippen LogP contribution in [0.15, 0.2) is 61.1 Å². The van der Waals surface area contributed by atoms with E-state index in [0.717, 1.165) is 30.7 Å². The Morgan fingerprint density at radius 2 is 1.81 bits per heavy atom. The summed E-state index contributed by atoms with van der Waals surface area (Å²) in [4.78, 5) is 4.51. The van der Waals surface area contributed by atoms with E-state index in [1.54, 1.807) is 17.1 Å². The van der Waals surface area contributed by atoms with E-state index in [-0.39, 0.29) is 5.41 Å². The Balaban J connectivity index is 1.47. The van der Waals surface area contributed by atoms with Crippen LogP contribution in [0.4, 0.5) is 13.2 Å². The molecule has 0 N–H and O–H groups in total. The number of benzene rings is 2. The van der Waals surface area contributed by atoms with Crippen molar-refractivity contribution in [2.24, 2.45) is 0 Å². The van der Waals surface area contributed by atoms with Gasteiger partial charge in [0, 0.05) is 6.42 Å². The molecule has 0 saturated heterocycles. The predicted molar refractivity (Wildman–Crippen MR) is 111 cm³/mol. The molecule has 8 heteroatoms. The van der Waals surface area contributed by atoms with Crippen LogP contribution in [0.3, 0.4) is 0 Å². The normalized spacial score (nSPS) is 15.6. The molecule has 1 fully saturated rings. The molecule has 0 atom stereocenters. The van der Waals surface area contributed by atoms with Gasteiger partial charge >= 0.3 is 6.18 Å². The Morgan fingerprint density at radius 3 is 2.56 bits per heavy atom. The Hall–Kier alpha value is -3.86. The summed E-state index contributed by atoms with van der Waals surface area (Å²) < 4.78 is 43.3. The average Bonchev–Trinajstić information content (AvgIpc) is 3.31. The molecule has 4 aromatic rings. The maximum absolute atomic E-state index is 13.3. The van der Waals surface area contributed by atoms with Crippen LogP contribution in [0.2, 0.25) is 0 Å². The van der Waals surface area contributed by atoms with Gasteiger partial charge in [-0.15, -0.1) is 5.10 Å². The van der Waals surface area contributed by atoms with Crippen LogP contribution in [0.1, 0.15) is 41.1 Å². The smallest absolute Gasteiger partial charge is 0.299 e. The van der Waals surface area contributed by atoms with E-state index in [0.29, 0.717) is 29.2 Å². The number of imidazole rings is 1. The first-order valence-electron chi connectivity index (χ1n) is 10.2. The van der Waals surface area contributed by atoms with Gasteiger partial charge in [-0.2, -0.15) is 13.2 Å². The zero-order valence-corrected chi connectivity index (χ0v) is 16.8. The molecule has 32 heavy (non-hydrogen) atoms. The molecule has 2 aromatic heterocycles. The molecular formula is C24H16F3N5. The fourth-order valence-corrected chi connectivity index (χ4v) is 4.23. The van der Waals surface area contributed by atoms with Crippen LogP contribution >= 0.6 is 0 Å². The zero-order chi connectivity index (χ0) is 21.9. The summed E-state index contributed by atoms with van der Waals surface area (Å²) in [7, 11) is 0. The minimum Gasteiger partial charge on any atom is -0.299 e. The largest absolute Gasteiger partial charge is 0.416 e. The molecule has 0 bridgehead atoms. The van der Waals surface area contributed by atoms with Gasteiger partial charge in [-0.05, 0) is 42.5 Å². The van der Waals surface area contributed by atoms with Crippen molar-refractivity contribution in [2.45, 2.75) is 30.9 Å². The quantitative estimate of drug-likeness (QED) is 0.368. The van der Waals surface area contributed by atoms with Crippen molar-refractivity contribution in [3.05, 3.63) is 89.3 Å². The first-order valence-corrected chi connectivity index (χ1v) is 10.2. The molecule has 5 nitrogen and oxygen atoms in total. The lowest BCUT2D eigenvalue weighted by atomic mass is 9.96. The maximum atomic E-state index is 13.3. The Morgan fingerprint density at radius 1 is 1.00 bits per heavy atom. The van der Waals surface area contributed by atoms with Crippen LogP contribution in [0.25, 0.3) is 11.4 Å². The van der Waals surface area contributed by atoms with Crippen LogP contribution in [-0.2, 0) is 18.0 Å². The van der Waals surface area contributed by atoms with Gasteiger partial charge in [-0.1, -0.05) is 41.5 Å². The molecule has 1 saturated carbocycles. The molecule has 1 aliphatic carbocycles. The molecule has 0 unspecified atom stereocenters. The fourth-order valence-electron chi connectivity index (χ4n) is 4.23. The number of alkyl halides is 3. The summed E-state index contributed by atoms with van der Waals surface area (Å²) in [6, 6.07) is 13.8. The van der Waals surface area contributed by atoms with Gasteiger partial charge < -0.3 is 0 Å². The summed E-state index contributed by atoms with van der Waals surface area (Å²) in [5.74, 6) is 6.68. The molecule has 0 radical (unpaired) electrons. The Bertz CT molecular complexity index is 1400. The van der Waals surface area contributed by atoms with E-state index in [1.165, 1.54) is 16.3 Å². The number of hydrogen-bond acceptors (Lipinski definition) is 3. The van der Waals surface area contributed by atoms with Crippen molar-refractivity contribution in [1.29, 1.82) is 0 Å². The lowest BCUT2D eigenvalue weighted by Gasteiger charge is -2.13. The molecule has 0 spiro atoms. The monoisotopic (exact) mass is 431 g/mol. The number of aromatic nitrogens is 5. The van der Waals surface area contributed by atoms with Gasteiger partial charge in [0.25, 0.3) is 0 Å². The number of halogens is 3. The first kappa shape index (κ1) is 18.9. The second-order valence-corrected chi connectivity index (χ2v) is 8.12. The highest BCUT2D eigenvalue weighted by Gasteiger charge is 2.42. The number of rotatable bonds is 1. The minimum atomic E-state index is -4.45. The third-order valence-electron chi connectivity index (χ3n) is 6.12. The van der Waals surface area contributed by atoms with Crippen molar-refractivity contribution in [1.82, 2.24) is 24.5 Å². The lowest BCUT2D eigenvalue weighted by molar-refractivity contribution is -0.137. The van der Waals surface area contributed by atoms with Crippen molar-refractivity contribution in [3.63, 3.8) is 0 Å². The highest BCUT2D eigenvalue weighted by Crippen LogP contribution is 2.47. The third-order valence-corrected chi connectivity index (χ3v) is 6.12. The molecule has 158 valence electrons. The highest BCUT2D eigenvalue weighted by molar-refractivity contribution is 5.59. The molecule has 6 rings (SSSR count). The fraction of sp³-hybridized carbons (Fsp3) is 0.208. The van der Waals surface area contributed by atoms with Gasteiger partial charge in [-0.3, -0.25) is 4.57 Å². The van der Waals surface area contributed by atoms with E-state index in [9.17, 15) is 13.2 Å². The molecule has 2 aliphatic rings. The van der Waals surface area contributed by atoms with E-state index < -0.39 is 11.7 Å². The predicted octanol–water partition coefficient (Wildman–Crippen LogP) is 4.46. The topological polar surface area (TPSA) is 48.5 Å². The van der Waals surface area contributed by atoms with E-state index >= 15 is 0 Å². The Labute approximate surface area is 181 Å². The van der Waals surface area contributed by atoms with Crippen LogP contribution < -0.4 is 0 Å². The van der Waals surface area contributed by atoms with Crippen molar-refractivity contribution in [2.75, 3.05) is 0 Å². The summed E-state index contributed by atoms with van der Waals surface area (Å²) in [5, 5.41) is 7.96. The molecule has 3 heterocycles. The van der Waals surface area contributed by atoms with Gasteiger partial charge in [0.2, 0.25) is 0 Å². The SMILES string of the molecule is FC(F)(F)c1ccc2c(c1)-n1nncc1Cc1c(C#CC3(c4ccccc4)CC3)ncn1-2. The minimum absolute atomic E-state index is 0.147. The number of fused-ring (bicyclic) bond motifs is 5. The third kappa shape index (κ3) is 2.93. The highest BCUT2D eigenvalue weighted by atomic mass is 19.4. The van der Waals surface area contributed by atoms with Gasteiger partial charge in [-0.25, -0.2) is 9.67 Å². The lowest BCUT2D eigenvalue weighted by Crippen LogP contribution is -2.09. The van der Waals surface area contributed by atoms with Crippen LogP contribution in [-0.4, -0.2) is 24.5 Å². The van der Waals surface area contributed by atoms with Gasteiger partial charge in [0.1, 0.15) is 12.0 Å². The number of nitrogens with zero attached hydrogens (tertiary/aromatic N) is 5. The summed E-state index contributed by atoms with van der Waals surface area (Å²) in [5.41, 5.74) is 3.29. The van der Waals surface area contributed by atoms with Crippen molar-refractivity contribution in [3.8, 4) is 23.2 Å². The van der Waals surface area contributed by atoms with E-state index in [2.05, 4.69) is 39.3 Å². The van der Waals surface area contributed by atoms with Gasteiger partial charge in [0.15, 0.2) is 0 Å². The second kappa shape index (κ2) is 6.57. The zero-order valence-electron chi connectivity index (χ0n) is 16.8. The van der Waals surface area contributed by atoms with E-state index in [4.69, 9.17) is 0 Å². The first-order chi connectivity index (χ1) is 15.4. The standard InChI is InChI=1S/C24H16F3N5/c25-24(26,27)17-6-7-20-22(12-17)32-18(14-29-30-32)13-21-19(28-15-31(20)21)8-9-23(10-11-23)16-4-2-1-3-5-16/h1-7,12,14-15H,10-11,13H2. The summed E-state index contributed by atoms with van der Waals surface area (Å²) in [6.07, 6.45) is 1.14. The molecule has 0 amide bonds. The summed E-state index contributed by atoms with van der Waals surface area (Å²) >= 11 is 0. The van der Waals surface area contributed by atoms with Gasteiger partial charge in [0.05, 0.1) is 39.9 Å². The van der Waals surface area contributed by atoms with Crippen LogP contribution in [0, 0.1) is 11.8 Å². The average molecular weight is 431 g/mol. The van der Waals surface area contributed by atoms with Crippen molar-refractivity contribution < 1.29 is 13.2 Å². The van der Waals surface area contributed by atoms with E-state index in [1.807, 2.05) is 18.2 Å². The maximum Gasteiger partial charge on any atom is 0.416 e. The Kier molecular flexibility index (Phi) is 3.87. The van der Waals surface area contributed by atoms with Crippen molar-refractivity contribution >= 4 is 0 Å². The molecule has 1 aliphatic heterocycles. The summed E-state index contributed by atoms with van der Waals surface area (Å²) in [6.45, 7) is 0.